The molecule has 0 saturated heterocycles. The molecular formula is C10H10Cl4F3N. The van der Waals surface area contributed by atoms with E-state index in [1.807, 2.05) is 0 Å². The zero-order valence-corrected chi connectivity index (χ0v) is 12.0. The summed E-state index contributed by atoms with van der Waals surface area (Å²) in [4.78, 5) is 0. The number of benzene rings is 1. The fourth-order valence-electron chi connectivity index (χ4n) is 1.32. The molecular weight excluding hydrogens is 333 g/mol. The Bertz CT molecular complexity index is 409. The molecule has 104 valence electrons. The van der Waals surface area contributed by atoms with Crippen molar-refractivity contribution in [3.63, 3.8) is 0 Å². The number of halogens is 7. The Morgan fingerprint density at radius 3 is 2.22 bits per heavy atom. The van der Waals surface area contributed by atoms with Gasteiger partial charge in [-0.25, -0.2) is 0 Å². The zero-order chi connectivity index (χ0) is 13.2. The number of alkyl halides is 3. The normalized spacial score (nSPS) is 13.1. The summed E-state index contributed by atoms with van der Waals surface area (Å²) >= 11 is 17.4. The van der Waals surface area contributed by atoms with Crippen molar-refractivity contribution in [3.05, 3.63) is 32.8 Å². The summed E-state index contributed by atoms with van der Waals surface area (Å²) < 4.78 is 36.2. The molecule has 0 radical (unpaired) electrons. The maximum absolute atomic E-state index is 12.1. The van der Waals surface area contributed by atoms with Crippen molar-refractivity contribution in [1.29, 1.82) is 0 Å². The Balaban J connectivity index is 0.00000289. The van der Waals surface area contributed by atoms with Gasteiger partial charge in [-0.3, -0.25) is 0 Å². The quantitative estimate of drug-likeness (QED) is 0.730. The summed E-state index contributed by atoms with van der Waals surface area (Å²) in [6.07, 6.45) is -5.49. The van der Waals surface area contributed by atoms with Crippen LogP contribution >= 0.6 is 47.2 Å². The third-order valence-corrected chi connectivity index (χ3v) is 3.19. The van der Waals surface area contributed by atoms with E-state index in [-0.39, 0.29) is 33.9 Å². The molecule has 1 nitrogen and oxygen atoms in total. The van der Waals surface area contributed by atoms with Gasteiger partial charge in [-0.1, -0.05) is 34.8 Å². The first-order chi connectivity index (χ1) is 7.70. The van der Waals surface area contributed by atoms with Crippen LogP contribution in [0.3, 0.4) is 0 Å². The van der Waals surface area contributed by atoms with Crippen LogP contribution in [-0.4, -0.2) is 6.18 Å². The second-order valence-corrected chi connectivity index (χ2v) is 4.77. The summed E-state index contributed by atoms with van der Waals surface area (Å²) in [6.45, 7) is 0. The molecule has 0 saturated carbocycles. The third-order valence-electron chi connectivity index (χ3n) is 2.16. The second kappa shape index (κ2) is 7.06. The Labute approximate surface area is 124 Å². The molecule has 0 aliphatic carbocycles. The largest absolute Gasteiger partial charge is 0.389 e. The number of rotatable bonds is 3. The summed E-state index contributed by atoms with van der Waals surface area (Å²) in [5, 5.41) is 0.610. The lowest BCUT2D eigenvalue weighted by molar-refractivity contribution is -0.136. The lowest BCUT2D eigenvalue weighted by Crippen LogP contribution is -2.16. The van der Waals surface area contributed by atoms with Crippen LogP contribution in [0.1, 0.15) is 24.4 Å². The highest BCUT2D eigenvalue weighted by Gasteiger charge is 2.28. The standard InChI is InChI=1S/C10H9Cl3F3N.ClH/c11-5-3-6(9(13)7(12)4-5)8(17)1-2-10(14,15)16;/h3-4,8H,1-2,17H2;1H/t8-;/m0./s1. The van der Waals surface area contributed by atoms with Gasteiger partial charge in [0, 0.05) is 17.5 Å². The van der Waals surface area contributed by atoms with E-state index in [0.29, 0.717) is 5.56 Å². The van der Waals surface area contributed by atoms with E-state index in [1.165, 1.54) is 12.1 Å². The van der Waals surface area contributed by atoms with Gasteiger partial charge in [0.05, 0.1) is 10.0 Å². The average molecular weight is 343 g/mol. The lowest BCUT2D eigenvalue weighted by Gasteiger charge is -2.16. The maximum atomic E-state index is 12.1. The van der Waals surface area contributed by atoms with Crippen molar-refractivity contribution in [2.45, 2.75) is 25.1 Å². The van der Waals surface area contributed by atoms with E-state index in [4.69, 9.17) is 40.5 Å². The summed E-state index contributed by atoms with van der Waals surface area (Å²) in [5.41, 5.74) is 5.97. The molecule has 2 N–H and O–H groups in total. The van der Waals surface area contributed by atoms with Gasteiger partial charge < -0.3 is 5.73 Å². The first-order valence-electron chi connectivity index (χ1n) is 4.67. The van der Waals surface area contributed by atoms with Gasteiger partial charge in [0.2, 0.25) is 0 Å². The van der Waals surface area contributed by atoms with E-state index in [0.717, 1.165) is 0 Å². The Morgan fingerprint density at radius 2 is 1.72 bits per heavy atom. The molecule has 0 amide bonds. The lowest BCUT2D eigenvalue weighted by atomic mass is 10.0. The highest BCUT2D eigenvalue weighted by molar-refractivity contribution is 6.43. The fraction of sp³-hybridized carbons (Fsp3) is 0.400. The van der Waals surface area contributed by atoms with Gasteiger partial charge in [-0.05, 0) is 24.1 Å². The molecule has 1 atom stereocenters. The molecule has 1 aromatic rings. The summed E-state index contributed by atoms with van der Waals surface area (Å²) in [7, 11) is 0. The monoisotopic (exact) mass is 341 g/mol. The van der Waals surface area contributed by atoms with Crippen LogP contribution in [-0.2, 0) is 0 Å². The van der Waals surface area contributed by atoms with E-state index in [9.17, 15) is 13.2 Å². The molecule has 0 spiro atoms. The average Bonchev–Trinajstić information content (AvgIpc) is 2.19. The van der Waals surface area contributed by atoms with Crippen LogP contribution in [0, 0.1) is 0 Å². The van der Waals surface area contributed by atoms with Crippen molar-refractivity contribution < 1.29 is 13.2 Å². The van der Waals surface area contributed by atoms with Crippen molar-refractivity contribution in [2.75, 3.05) is 0 Å². The maximum Gasteiger partial charge on any atom is 0.389 e. The van der Waals surface area contributed by atoms with Gasteiger partial charge >= 0.3 is 6.18 Å². The number of hydrogen-bond acceptors (Lipinski definition) is 1. The van der Waals surface area contributed by atoms with Crippen LogP contribution in [0.2, 0.25) is 15.1 Å². The molecule has 0 fully saturated rings. The first kappa shape index (κ1) is 18.1. The molecule has 18 heavy (non-hydrogen) atoms. The highest BCUT2D eigenvalue weighted by Crippen LogP contribution is 2.35. The molecule has 0 bridgehead atoms. The summed E-state index contributed by atoms with van der Waals surface area (Å²) in [5.74, 6) is 0. The van der Waals surface area contributed by atoms with E-state index in [1.54, 1.807) is 0 Å². The highest BCUT2D eigenvalue weighted by atomic mass is 35.5. The van der Waals surface area contributed by atoms with E-state index >= 15 is 0 Å². The molecule has 1 aromatic carbocycles. The van der Waals surface area contributed by atoms with Gasteiger partial charge in [-0.15, -0.1) is 12.4 Å². The molecule has 0 aromatic heterocycles. The topological polar surface area (TPSA) is 26.0 Å². The second-order valence-electron chi connectivity index (χ2n) is 3.55. The van der Waals surface area contributed by atoms with Gasteiger partial charge in [-0.2, -0.15) is 13.2 Å². The number of nitrogens with two attached hydrogens (primary N) is 1. The van der Waals surface area contributed by atoms with E-state index < -0.39 is 18.6 Å². The fourth-order valence-corrected chi connectivity index (χ4v) is 2.08. The van der Waals surface area contributed by atoms with Crippen molar-refractivity contribution in [1.82, 2.24) is 0 Å². The van der Waals surface area contributed by atoms with Crippen LogP contribution in [0.25, 0.3) is 0 Å². The van der Waals surface area contributed by atoms with Crippen LogP contribution < -0.4 is 5.73 Å². The van der Waals surface area contributed by atoms with Gasteiger partial charge in [0.25, 0.3) is 0 Å². The SMILES string of the molecule is Cl.N[C@@H](CCC(F)(F)F)c1cc(Cl)cc(Cl)c1Cl. The minimum absolute atomic E-state index is 0. The van der Waals surface area contributed by atoms with Crippen molar-refractivity contribution in [2.24, 2.45) is 5.73 Å². The smallest absolute Gasteiger partial charge is 0.324 e. The number of hydrogen-bond donors (Lipinski definition) is 1. The minimum atomic E-state index is -4.24. The zero-order valence-electron chi connectivity index (χ0n) is 8.90. The Kier molecular flexibility index (Phi) is 7.11. The van der Waals surface area contributed by atoms with Crippen LogP contribution in [0.5, 0.6) is 0 Å². The predicted octanol–water partition coefficient (Wildman–Crippen LogP) is 5.41. The predicted molar refractivity (Wildman–Crippen MR) is 70.9 cm³/mol. The summed E-state index contributed by atoms with van der Waals surface area (Å²) in [6, 6.07) is 1.99. The minimum Gasteiger partial charge on any atom is -0.324 e. The molecule has 8 heteroatoms. The third kappa shape index (κ3) is 5.41. The van der Waals surface area contributed by atoms with Crippen LogP contribution in [0.15, 0.2) is 12.1 Å². The van der Waals surface area contributed by atoms with Crippen molar-refractivity contribution >= 4 is 47.2 Å². The van der Waals surface area contributed by atoms with Gasteiger partial charge in [0.15, 0.2) is 0 Å². The van der Waals surface area contributed by atoms with E-state index in [2.05, 4.69) is 0 Å². The Hall–Kier alpha value is 0.130. The Morgan fingerprint density at radius 1 is 1.17 bits per heavy atom. The molecule has 1 rings (SSSR count). The molecule has 0 aliphatic rings. The molecule has 0 unspecified atom stereocenters. The van der Waals surface area contributed by atoms with Crippen molar-refractivity contribution in [3.8, 4) is 0 Å². The van der Waals surface area contributed by atoms with Gasteiger partial charge in [0.1, 0.15) is 0 Å². The first-order valence-corrected chi connectivity index (χ1v) is 5.81. The molecule has 0 heterocycles. The van der Waals surface area contributed by atoms with Crippen LogP contribution in [0.4, 0.5) is 13.2 Å². The molecule has 0 aliphatic heterocycles.